The van der Waals surface area contributed by atoms with Crippen molar-refractivity contribution in [2.24, 2.45) is 0 Å². The highest BCUT2D eigenvalue weighted by atomic mass is 16.6. The van der Waals surface area contributed by atoms with E-state index in [1.54, 1.807) is 6.07 Å². The van der Waals surface area contributed by atoms with Gasteiger partial charge in [-0.3, -0.25) is 10.1 Å². The summed E-state index contributed by atoms with van der Waals surface area (Å²) in [5.41, 5.74) is 0.856. The van der Waals surface area contributed by atoms with E-state index in [-0.39, 0.29) is 11.7 Å². The molecule has 1 unspecified atom stereocenters. The lowest BCUT2D eigenvalue weighted by Gasteiger charge is -2.24. The van der Waals surface area contributed by atoms with Crippen LogP contribution in [0.15, 0.2) is 24.3 Å². The van der Waals surface area contributed by atoms with E-state index in [1.165, 1.54) is 12.1 Å². The summed E-state index contributed by atoms with van der Waals surface area (Å²) in [7, 11) is 0. The summed E-state index contributed by atoms with van der Waals surface area (Å²) in [6, 6.07) is 6.75. The zero-order valence-corrected chi connectivity index (χ0v) is 9.39. The number of rotatable bonds is 4. The fraction of sp³-hybridized carbons (Fsp3) is 0.455. The molecule has 0 aliphatic carbocycles. The van der Waals surface area contributed by atoms with E-state index in [2.05, 4.69) is 10.6 Å². The lowest BCUT2D eigenvalue weighted by molar-refractivity contribution is -0.384. The molecule has 0 aromatic heterocycles. The molecule has 6 heteroatoms. The number of nitro groups is 1. The topological polar surface area (TPSA) is 76.4 Å². The zero-order valence-electron chi connectivity index (χ0n) is 9.39. The van der Waals surface area contributed by atoms with Crippen LogP contribution in [-0.2, 0) is 4.74 Å². The molecule has 6 nitrogen and oxygen atoms in total. The molecule has 0 amide bonds. The molecule has 2 N–H and O–H groups in total. The van der Waals surface area contributed by atoms with Gasteiger partial charge in [0.25, 0.3) is 5.69 Å². The van der Waals surface area contributed by atoms with Gasteiger partial charge in [-0.25, -0.2) is 0 Å². The Balaban J connectivity index is 1.89. The van der Waals surface area contributed by atoms with Crippen LogP contribution in [0, 0.1) is 10.1 Å². The molecule has 0 spiro atoms. The Kier molecular flexibility index (Phi) is 3.89. The second kappa shape index (κ2) is 5.60. The van der Waals surface area contributed by atoms with Crippen molar-refractivity contribution in [2.75, 3.05) is 31.6 Å². The van der Waals surface area contributed by atoms with Crippen LogP contribution in [0.5, 0.6) is 0 Å². The number of nitro benzene ring substituents is 1. The van der Waals surface area contributed by atoms with E-state index < -0.39 is 4.92 Å². The molecule has 0 radical (unpaired) electrons. The van der Waals surface area contributed by atoms with Gasteiger partial charge in [-0.1, -0.05) is 6.07 Å². The molecule has 1 aliphatic heterocycles. The summed E-state index contributed by atoms with van der Waals surface area (Å²) in [6.45, 7) is 2.96. The van der Waals surface area contributed by atoms with E-state index in [9.17, 15) is 10.1 Å². The van der Waals surface area contributed by atoms with Gasteiger partial charge in [0.15, 0.2) is 0 Å². The van der Waals surface area contributed by atoms with Gasteiger partial charge in [0.1, 0.15) is 0 Å². The smallest absolute Gasteiger partial charge is 0.271 e. The van der Waals surface area contributed by atoms with E-state index in [0.29, 0.717) is 13.2 Å². The summed E-state index contributed by atoms with van der Waals surface area (Å²) >= 11 is 0. The van der Waals surface area contributed by atoms with Crippen LogP contribution < -0.4 is 10.6 Å². The Morgan fingerprint density at radius 1 is 1.59 bits per heavy atom. The molecule has 0 bridgehead atoms. The number of anilines is 1. The molecule has 2 rings (SSSR count). The van der Waals surface area contributed by atoms with Crippen LogP contribution in [0.4, 0.5) is 11.4 Å². The van der Waals surface area contributed by atoms with Crippen LogP contribution in [0.3, 0.4) is 0 Å². The Labute approximate surface area is 99.1 Å². The molecule has 1 aromatic carbocycles. The third-order valence-corrected chi connectivity index (χ3v) is 2.61. The molecule has 92 valence electrons. The average molecular weight is 237 g/mol. The van der Waals surface area contributed by atoms with Crippen LogP contribution in [-0.4, -0.2) is 37.3 Å². The highest BCUT2D eigenvalue weighted by Gasteiger charge is 2.12. The van der Waals surface area contributed by atoms with Gasteiger partial charge >= 0.3 is 0 Å². The minimum absolute atomic E-state index is 0.0999. The van der Waals surface area contributed by atoms with Crippen molar-refractivity contribution in [1.29, 1.82) is 0 Å². The van der Waals surface area contributed by atoms with Gasteiger partial charge < -0.3 is 15.4 Å². The first kappa shape index (κ1) is 11.8. The number of nitrogens with zero attached hydrogens (tertiary/aromatic N) is 1. The molecule has 1 saturated heterocycles. The van der Waals surface area contributed by atoms with Gasteiger partial charge in [-0.2, -0.15) is 0 Å². The maximum Gasteiger partial charge on any atom is 0.271 e. The summed E-state index contributed by atoms with van der Waals surface area (Å²) in [6.07, 6.45) is 0. The van der Waals surface area contributed by atoms with Crippen molar-refractivity contribution < 1.29 is 9.66 Å². The van der Waals surface area contributed by atoms with E-state index >= 15 is 0 Å². The number of benzene rings is 1. The zero-order chi connectivity index (χ0) is 12.1. The van der Waals surface area contributed by atoms with Crippen LogP contribution in [0.2, 0.25) is 0 Å². The van der Waals surface area contributed by atoms with Crippen molar-refractivity contribution in [3.8, 4) is 0 Å². The number of nitrogens with one attached hydrogen (secondary N) is 2. The van der Waals surface area contributed by atoms with E-state index in [4.69, 9.17) is 4.74 Å². The van der Waals surface area contributed by atoms with Crippen LogP contribution >= 0.6 is 0 Å². The first-order valence-electron chi connectivity index (χ1n) is 5.55. The summed E-state index contributed by atoms with van der Waals surface area (Å²) < 4.78 is 5.32. The first-order valence-corrected chi connectivity index (χ1v) is 5.55. The molecule has 1 aromatic rings. The van der Waals surface area contributed by atoms with Gasteiger partial charge in [-0.15, -0.1) is 0 Å². The second-order valence-electron chi connectivity index (χ2n) is 3.91. The monoisotopic (exact) mass is 237 g/mol. The summed E-state index contributed by atoms with van der Waals surface area (Å²) in [5.74, 6) is 0. The van der Waals surface area contributed by atoms with Crippen molar-refractivity contribution >= 4 is 11.4 Å². The quantitative estimate of drug-likeness (QED) is 0.603. The minimum Gasteiger partial charge on any atom is -0.383 e. The molecule has 0 saturated carbocycles. The fourth-order valence-electron chi connectivity index (χ4n) is 1.72. The Morgan fingerprint density at radius 3 is 3.18 bits per heavy atom. The fourth-order valence-corrected chi connectivity index (χ4v) is 1.72. The van der Waals surface area contributed by atoms with Crippen molar-refractivity contribution in [3.05, 3.63) is 34.4 Å². The molecule has 1 aliphatic rings. The standard InChI is InChI=1S/C11H15N3O3/c15-14(16)11-3-1-2-9(6-11)13-7-10-8-17-5-4-12-10/h1-3,6,10,12-13H,4-5,7-8H2. The summed E-state index contributed by atoms with van der Waals surface area (Å²) in [5, 5.41) is 17.1. The summed E-state index contributed by atoms with van der Waals surface area (Å²) in [4.78, 5) is 10.2. The molecule has 1 heterocycles. The maximum atomic E-state index is 10.6. The first-order chi connectivity index (χ1) is 8.25. The molecule has 1 atom stereocenters. The molecular weight excluding hydrogens is 222 g/mol. The number of non-ortho nitro benzene ring substituents is 1. The minimum atomic E-state index is -0.396. The Bertz CT molecular complexity index is 391. The van der Waals surface area contributed by atoms with Crippen LogP contribution in [0.1, 0.15) is 0 Å². The van der Waals surface area contributed by atoms with E-state index in [1.807, 2.05) is 6.07 Å². The number of ether oxygens (including phenoxy) is 1. The van der Waals surface area contributed by atoms with Crippen molar-refractivity contribution in [3.63, 3.8) is 0 Å². The Hall–Kier alpha value is -1.66. The molecule has 1 fully saturated rings. The van der Waals surface area contributed by atoms with Crippen LogP contribution in [0.25, 0.3) is 0 Å². The highest BCUT2D eigenvalue weighted by molar-refractivity contribution is 5.50. The number of hydrogen-bond acceptors (Lipinski definition) is 5. The SMILES string of the molecule is O=[N+]([O-])c1cccc(NCC2COCCN2)c1. The van der Waals surface area contributed by atoms with Crippen molar-refractivity contribution in [2.45, 2.75) is 6.04 Å². The Morgan fingerprint density at radius 2 is 2.47 bits per heavy atom. The third kappa shape index (κ3) is 3.40. The predicted molar refractivity (Wildman–Crippen MR) is 64.2 cm³/mol. The van der Waals surface area contributed by atoms with Gasteiger partial charge in [0, 0.05) is 37.0 Å². The van der Waals surface area contributed by atoms with Gasteiger partial charge in [-0.05, 0) is 6.07 Å². The van der Waals surface area contributed by atoms with Crippen molar-refractivity contribution in [1.82, 2.24) is 5.32 Å². The number of hydrogen-bond donors (Lipinski definition) is 2. The lowest BCUT2D eigenvalue weighted by atomic mass is 10.2. The largest absolute Gasteiger partial charge is 0.383 e. The third-order valence-electron chi connectivity index (χ3n) is 2.61. The molecule has 17 heavy (non-hydrogen) atoms. The second-order valence-corrected chi connectivity index (χ2v) is 3.91. The average Bonchev–Trinajstić information content (AvgIpc) is 2.38. The lowest BCUT2D eigenvalue weighted by Crippen LogP contribution is -2.45. The van der Waals surface area contributed by atoms with Gasteiger partial charge in [0.2, 0.25) is 0 Å². The van der Waals surface area contributed by atoms with E-state index in [0.717, 1.165) is 18.8 Å². The maximum absolute atomic E-state index is 10.6. The van der Waals surface area contributed by atoms with Gasteiger partial charge in [0.05, 0.1) is 18.1 Å². The predicted octanol–water partition coefficient (Wildman–Crippen LogP) is 0.995. The molecular formula is C11H15N3O3. The number of morpholine rings is 1. The highest BCUT2D eigenvalue weighted by Crippen LogP contribution is 2.16. The normalized spacial score (nSPS) is 19.9.